The summed E-state index contributed by atoms with van der Waals surface area (Å²) in [6.07, 6.45) is 20.4. The topological polar surface area (TPSA) is 170 Å². The number of carbonyl (C=O) groups excluding carboxylic acids is 3. The predicted molar refractivity (Wildman–Crippen MR) is 333 cm³/mol. The number of benzene rings is 4. The summed E-state index contributed by atoms with van der Waals surface area (Å²) in [5.41, 5.74) is 15.0. The van der Waals surface area contributed by atoms with Gasteiger partial charge in [-0.1, -0.05) is 91.0 Å². The number of aryl methyl sites for hydroxylation is 6. The molecule has 3 fully saturated rings. The highest BCUT2D eigenvalue weighted by Gasteiger charge is 2.41. The SMILES string of the molecule is Cc1cn(Cc2cccc(NC(=O)C3CN(C4c5ccc(Cl)cc5CCc5cccnc54)CCN3)c2)cn1.Cc1cn(Cc2cccc(NC(=O)C3CN(C4c5ccc(Cl)cc5CCc5cccnc54)CCN3C(=O)NC3CCCCC3)c2)cn1. The van der Waals surface area contributed by atoms with Gasteiger partial charge in [0, 0.05) is 105 Å². The van der Waals surface area contributed by atoms with Crippen molar-refractivity contribution < 1.29 is 14.4 Å². The van der Waals surface area contributed by atoms with E-state index in [4.69, 9.17) is 33.2 Å². The van der Waals surface area contributed by atoms with Crippen molar-refractivity contribution in [3.8, 4) is 0 Å². The fraction of sp³-hybridized carbons (Fsp3) is 0.358. The lowest BCUT2D eigenvalue weighted by atomic mass is 9.94. The van der Waals surface area contributed by atoms with Crippen LogP contribution in [-0.2, 0) is 48.4 Å². The van der Waals surface area contributed by atoms with E-state index in [-0.39, 0.29) is 42.0 Å². The molecule has 1 saturated carbocycles. The highest BCUT2D eigenvalue weighted by molar-refractivity contribution is 6.31. The van der Waals surface area contributed by atoms with E-state index < -0.39 is 6.04 Å². The maximum absolute atomic E-state index is 14.3. The molecule has 0 radical (unpaired) electrons. The first-order valence-electron chi connectivity index (χ1n) is 29.9. The van der Waals surface area contributed by atoms with Crippen molar-refractivity contribution >= 4 is 52.4 Å². The minimum absolute atomic E-state index is 0.0136. The first-order valence-corrected chi connectivity index (χ1v) is 30.7. The zero-order valence-electron chi connectivity index (χ0n) is 48.3. The van der Waals surface area contributed by atoms with Gasteiger partial charge in [0.15, 0.2) is 0 Å². The summed E-state index contributed by atoms with van der Waals surface area (Å²) in [4.78, 5) is 66.4. The molecule has 4 aromatic heterocycles. The molecule has 4 N–H and O–H groups in total. The molecule has 4 aromatic carbocycles. The Morgan fingerprint density at radius 2 is 1.12 bits per heavy atom. The summed E-state index contributed by atoms with van der Waals surface area (Å²) >= 11 is 12.8. The van der Waals surface area contributed by atoms with Crippen molar-refractivity contribution in [3.63, 3.8) is 0 Å². The van der Waals surface area contributed by atoms with Gasteiger partial charge in [-0.3, -0.25) is 29.4 Å². The number of carbonyl (C=O) groups is 3. The largest absolute Gasteiger partial charge is 0.335 e. The van der Waals surface area contributed by atoms with Gasteiger partial charge in [-0.25, -0.2) is 14.8 Å². The zero-order valence-corrected chi connectivity index (χ0v) is 49.8. The number of amides is 4. The van der Waals surface area contributed by atoms with E-state index >= 15 is 0 Å². The van der Waals surface area contributed by atoms with Gasteiger partial charge in [0.1, 0.15) is 6.04 Å². The molecule has 13 rings (SSSR count). The Bertz CT molecular complexity index is 3690. The van der Waals surface area contributed by atoms with Gasteiger partial charge in [-0.15, -0.1) is 0 Å². The number of nitrogens with zero attached hydrogens (tertiary/aromatic N) is 9. The van der Waals surface area contributed by atoms with E-state index in [1.54, 1.807) is 4.90 Å². The molecule has 85 heavy (non-hydrogen) atoms. The average Bonchev–Trinajstić information content (AvgIpc) is 3.93. The van der Waals surface area contributed by atoms with E-state index in [2.05, 4.69) is 83.5 Å². The number of nitrogens with one attached hydrogen (secondary N) is 4. The van der Waals surface area contributed by atoms with E-state index in [1.165, 1.54) is 34.2 Å². The molecule has 8 aromatic rings. The number of fused-ring (bicyclic) bond motifs is 4. The van der Waals surface area contributed by atoms with Crippen molar-refractivity contribution in [1.82, 2.24) is 54.4 Å². The van der Waals surface area contributed by atoms with Crippen molar-refractivity contribution in [3.05, 3.63) is 224 Å². The van der Waals surface area contributed by atoms with Gasteiger partial charge in [0.25, 0.3) is 0 Å². The number of rotatable bonds is 11. The maximum Gasteiger partial charge on any atom is 0.318 e. The summed E-state index contributed by atoms with van der Waals surface area (Å²) < 4.78 is 4.07. The molecule has 438 valence electrons. The summed E-state index contributed by atoms with van der Waals surface area (Å²) in [5, 5.41) is 14.5. The molecule has 4 amide bonds. The number of anilines is 2. The number of imidazole rings is 2. The van der Waals surface area contributed by atoms with E-state index in [0.29, 0.717) is 50.0 Å². The van der Waals surface area contributed by atoms with Gasteiger partial charge in [0.2, 0.25) is 11.8 Å². The van der Waals surface area contributed by atoms with Crippen LogP contribution in [0.15, 0.2) is 147 Å². The lowest BCUT2D eigenvalue weighted by Crippen LogP contribution is -2.62. The number of halogens is 2. The van der Waals surface area contributed by atoms with Crippen LogP contribution in [0.3, 0.4) is 0 Å². The molecular formula is C67H73Cl2N13O3. The second kappa shape index (κ2) is 26.3. The van der Waals surface area contributed by atoms with Gasteiger partial charge in [-0.2, -0.15) is 0 Å². The van der Waals surface area contributed by atoms with Crippen molar-refractivity contribution in [2.75, 3.05) is 49.9 Å². The summed E-state index contributed by atoms with van der Waals surface area (Å²) in [6, 6.07) is 35.3. The fourth-order valence-electron chi connectivity index (χ4n) is 13.2. The van der Waals surface area contributed by atoms with Gasteiger partial charge < -0.3 is 35.3 Å². The summed E-state index contributed by atoms with van der Waals surface area (Å²) in [7, 11) is 0. The molecule has 6 heterocycles. The molecule has 0 spiro atoms. The Balaban J connectivity index is 0.000000171. The molecule has 4 atom stereocenters. The zero-order chi connectivity index (χ0) is 58.4. The molecule has 4 unspecified atom stereocenters. The van der Waals surface area contributed by atoms with Crippen LogP contribution in [0.2, 0.25) is 10.0 Å². The Morgan fingerprint density at radius 3 is 1.67 bits per heavy atom. The number of hydrogen-bond donors (Lipinski definition) is 4. The van der Waals surface area contributed by atoms with Crippen LogP contribution >= 0.6 is 23.2 Å². The van der Waals surface area contributed by atoms with Crippen molar-refractivity contribution in [2.24, 2.45) is 0 Å². The summed E-state index contributed by atoms with van der Waals surface area (Å²) in [6.45, 7) is 8.85. The van der Waals surface area contributed by atoms with Crippen LogP contribution < -0.4 is 21.3 Å². The number of hydrogen-bond acceptors (Lipinski definition) is 10. The Kier molecular flexibility index (Phi) is 17.8. The minimum Gasteiger partial charge on any atom is -0.335 e. The van der Waals surface area contributed by atoms with Crippen LogP contribution in [-0.4, -0.2) is 119 Å². The quantitative estimate of drug-likeness (QED) is 0.0978. The number of pyridine rings is 2. The third-order valence-corrected chi connectivity index (χ3v) is 17.8. The van der Waals surface area contributed by atoms with Gasteiger partial charge in [0.05, 0.1) is 53.6 Å². The first kappa shape index (κ1) is 57.7. The van der Waals surface area contributed by atoms with Crippen LogP contribution in [0.4, 0.5) is 16.2 Å². The third-order valence-electron chi connectivity index (χ3n) is 17.3. The Hall–Kier alpha value is -7.73. The molecule has 18 heteroatoms. The van der Waals surface area contributed by atoms with Crippen LogP contribution in [0.5, 0.6) is 0 Å². The number of piperazine rings is 2. The lowest BCUT2D eigenvalue weighted by Gasteiger charge is -2.44. The van der Waals surface area contributed by atoms with Crippen molar-refractivity contribution in [2.45, 2.75) is 115 Å². The molecule has 0 bridgehead atoms. The number of urea groups is 1. The normalized spacial score (nSPS) is 19.8. The van der Waals surface area contributed by atoms with Crippen LogP contribution in [0.25, 0.3) is 0 Å². The number of aromatic nitrogens is 6. The van der Waals surface area contributed by atoms with Crippen LogP contribution in [0.1, 0.15) is 111 Å². The first-order chi connectivity index (χ1) is 41.4. The Morgan fingerprint density at radius 1 is 0.576 bits per heavy atom. The van der Waals surface area contributed by atoms with E-state index in [0.717, 1.165) is 115 Å². The van der Waals surface area contributed by atoms with E-state index in [9.17, 15) is 14.4 Å². The second-order valence-electron chi connectivity index (χ2n) is 23.3. The fourth-order valence-corrected chi connectivity index (χ4v) is 13.6. The van der Waals surface area contributed by atoms with Gasteiger partial charge >= 0.3 is 6.03 Å². The monoisotopic (exact) mass is 1180 g/mol. The minimum atomic E-state index is -0.696. The highest BCUT2D eigenvalue weighted by atomic mass is 35.5. The predicted octanol–water partition coefficient (Wildman–Crippen LogP) is 10.5. The highest BCUT2D eigenvalue weighted by Crippen LogP contribution is 2.40. The molecular weight excluding hydrogens is 1110 g/mol. The Labute approximate surface area is 507 Å². The molecule has 5 aliphatic rings. The summed E-state index contributed by atoms with van der Waals surface area (Å²) in [5.74, 6) is -0.230. The lowest BCUT2D eigenvalue weighted by molar-refractivity contribution is -0.122. The second-order valence-corrected chi connectivity index (χ2v) is 24.2. The molecule has 3 aliphatic carbocycles. The average molecular weight is 1180 g/mol. The van der Waals surface area contributed by atoms with Gasteiger partial charge in [-0.05, 0) is 158 Å². The smallest absolute Gasteiger partial charge is 0.318 e. The van der Waals surface area contributed by atoms with Crippen molar-refractivity contribution in [1.29, 1.82) is 0 Å². The standard InChI is InChI=1S/C37H42ClN7O2.C30H31ClN6O/c1-25-21-43(24-40-25)22-26-7-5-11-31(19-26)41-36(46)33-23-44(17-18-45(33)37(47)42-30-9-3-2-4-10-30)35-32-15-14-29(38)20-28(32)13-12-27-8-6-16-39-34(27)35;1-20-16-36(19-34-20)17-21-4-2-6-25(14-21)35-30(38)27-18-37(13-12-32-27)29-26-10-9-24(31)15-23(26)8-7-22-5-3-11-33-28(22)29/h5-8,11,14-16,19-21,24,30,33,35H,2-4,9-10,12-13,17-18,22-23H2,1H3,(H,41,46)(H,42,47);2-6,9-11,14-16,19,27,29,32H,7-8,12-13,17-18H2,1H3,(H,35,38). The molecule has 2 saturated heterocycles. The molecule has 2 aliphatic heterocycles. The molecule has 16 nitrogen and oxygen atoms in total. The van der Waals surface area contributed by atoms with E-state index in [1.807, 2.05) is 127 Å². The third kappa shape index (κ3) is 13.7. The van der Waals surface area contributed by atoms with Crippen LogP contribution in [0, 0.1) is 13.8 Å². The maximum atomic E-state index is 14.3.